The lowest BCUT2D eigenvalue weighted by Crippen LogP contribution is -2.14. The molecule has 19 heavy (non-hydrogen) atoms. The maximum Gasteiger partial charge on any atom is 0.264 e. The zero-order valence-corrected chi connectivity index (χ0v) is 11.8. The zero-order chi connectivity index (χ0) is 14.0. The highest BCUT2D eigenvalue weighted by molar-refractivity contribution is 7.92. The van der Waals surface area contributed by atoms with Gasteiger partial charge in [0.1, 0.15) is 10.0 Å². The van der Waals surface area contributed by atoms with Crippen molar-refractivity contribution in [3.8, 4) is 0 Å². The monoisotopic (exact) mass is 317 g/mol. The van der Waals surface area contributed by atoms with Crippen LogP contribution in [0.15, 0.2) is 41.4 Å². The number of aromatic nitrogens is 1. The minimum Gasteiger partial charge on any atom is -0.398 e. The molecule has 0 aliphatic carbocycles. The second kappa shape index (κ2) is 5.24. The number of sulfonamides is 1. The van der Waals surface area contributed by atoms with Crippen molar-refractivity contribution in [2.24, 2.45) is 0 Å². The molecule has 8 heteroatoms. The van der Waals surface area contributed by atoms with Gasteiger partial charge in [-0.25, -0.2) is 13.4 Å². The van der Waals surface area contributed by atoms with Crippen LogP contribution in [0.2, 0.25) is 10.2 Å². The van der Waals surface area contributed by atoms with Crippen LogP contribution < -0.4 is 10.5 Å². The number of pyridine rings is 1. The lowest BCUT2D eigenvalue weighted by Gasteiger charge is -2.10. The Balaban J connectivity index is 2.37. The summed E-state index contributed by atoms with van der Waals surface area (Å²) in [5, 5.41) is 0.550. The van der Waals surface area contributed by atoms with Crippen LogP contribution in [0, 0.1) is 0 Å². The van der Waals surface area contributed by atoms with E-state index in [1.807, 2.05) is 0 Å². The van der Waals surface area contributed by atoms with Crippen molar-refractivity contribution in [2.45, 2.75) is 4.90 Å². The first-order chi connectivity index (χ1) is 8.88. The molecule has 0 spiro atoms. The molecular weight excluding hydrogens is 309 g/mol. The van der Waals surface area contributed by atoms with Gasteiger partial charge in [0.15, 0.2) is 0 Å². The number of benzene rings is 1. The fraction of sp³-hybridized carbons (Fsp3) is 0. The van der Waals surface area contributed by atoms with E-state index in [1.165, 1.54) is 36.5 Å². The van der Waals surface area contributed by atoms with Gasteiger partial charge in [0.25, 0.3) is 10.0 Å². The highest BCUT2D eigenvalue weighted by atomic mass is 35.5. The smallest absolute Gasteiger partial charge is 0.264 e. The van der Waals surface area contributed by atoms with Crippen molar-refractivity contribution in [3.05, 3.63) is 46.7 Å². The van der Waals surface area contributed by atoms with Crippen molar-refractivity contribution >= 4 is 44.6 Å². The van der Waals surface area contributed by atoms with Crippen LogP contribution in [-0.2, 0) is 10.0 Å². The second-order valence-electron chi connectivity index (χ2n) is 3.66. The van der Waals surface area contributed by atoms with Gasteiger partial charge < -0.3 is 5.73 Å². The summed E-state index contributed by atoms with van der Waals surface area (Å²) < 4.78 is 26.6. The molecule has 2 rings (SSSR count). The van der Waals surface area contributed by atoms with Gasteiger partial charge in [0.05, 0.1) is 17.6 Å². The molecule has 0 aliphatic rings. The molecule has 0 fully saturated rings. The Labute approximate surface area is 120 Å². The van der Waals surface area contributed by atoms with Gasteiger partial charge in [-0.1, -0.05) is 23.2 Å². The minimum atomic E-state index is -3.82. The van der Waals surface area contributed by atoms with Gasteiger partial charge in [-0.2, -0.15) is 0 Å². The molecule has 3 N–H and O–H groups in total. The van der Waals surface area contributed by atoms with Crippen LogP contribution >= 0.6 is 23.2 Å². The number of hydrogen-bond donors (Lipinski definition) is 2. The summed E-state index contributed by atoms with van der Waals surface area (Å²) in [4.78, 5) is 3.69. The van der Waals surface area contributed by atoms with Gasteiger partial charge in [0.2, 0.25) is 0 Å². The van der Waals surface area contributed by atoms with E-state index in [4.69, 9.17) is 28.9 Å². The van der Waals surface area contributed by atoms with E-state index in [1.54, 1.807) is 0 Å². The van der Waals surface area contributed by atoms with E-state index in [0.717, 1.165) is 0 Å². The molecule has 0 atom stereocenters. The number of hydrogen-bond acceptors (Lipinski definition) is 4. The molecule has 1 aromatic heterocycles. The topological polar surface area (TPSA) is 85.1 Å². The average molecular weight is 318 g/mol. The summed E-state index contributed by atoms with van der Waals surface area (Å²) in [6, 6.07) is 7.19. The zero-order valence-electron chi connectivity index (χ0n) is 9.47. The Hall–Kier alpha value is -1.50. The van der Waals surface area contributed by atoms with Crippen LogP contribution in [0.5, 0.6) is 0 Å². The molecular formula is C11H9Cl2N3O2S. The predicted molar refractivity (Wildman–Crippen MR) is 75.9 cm³/mol. The molecule has 0 bridgehead atoms. The standard InChI is InChI=1S/C11H9Cl2N3O2S/c12-7-1-3-9(14)10(5-7)19(17,18)16-8-2-4-11(13)15-6-8/h1-6,16H,14H2. The maximum atomic E-state index is 12.1. The fourth-order valence-electron chi connectivity index (χ4n) is 1.39. The van der Waals surface area contributed by atoms with Gasteiger partial charge >= 0.3 is 0 Å². The summed E-state index contributed by atoms with van der Waals surface area (Å²) in [6.07, 6.45) is 1.31. The first-order valence-electron chi connectivity index (χ1n) is 5.08. The Kier molecular flexibility index (Phi) is 3.84. The van der Waals surface area contributed by atoms with Crippen LogP contribution in [-0.4, -0.2) is 13.4 Å². The molecule has 2 aromatic rings. The number of nitrogens with two attached hydrogens (primary N) is 1. The summed E-state index contributed by atoms with van der Waals surface area (Å²) in [6.45, 7) is 0. The summed E-state index contributed by atoms with van der Waals surface area (Å²) in [5.74, 6) is 0. The molecule has 0 saturated heterocycles. The maximum absolute atomic E-state index is 12.1. The molecule has 1 heterocycles. The van der Waals surface area contributed by atoms with Crippen molar-refractivity contribution in [3.63, 3.8) is 0 Å². The van der Waals surface area contributed by atoms with Crippen molar-refractivity contribution in [1.29, 1.82) is 0 Å². The highest BCUT2D eigenvalue weighted by Gasteiger charge is 2.18. The molecule has 0 saturated carbocycles. The summed E-state index contributed by atoms with van der Waals surface area (Å²) in [5.41, 5.74) is 6.03. The van der Waals surface area contributed by atoms with E-state index >= 15 is 0 Å². The van der Waals surface area contributed by atoms with Gasteiger partial charge in [0, 0.05) is 5.02 Å². The van der Waals surface area contributed by atoms with Crippen LogP contribution in [0.1, 0.15) is 0 Å². The second-order valence-corrected chi connectivity index (χ2v) is 6.13. The van der Waals surface area contributed by atoms with Crippen LogP contribution in [0.25, 0.3) is 0 Å². The third-order valence-corrected chi connectivity index (χ3v) is 4.14. The van der Waals surface area contributed by atoms with Gasteiger partial charge in [-0.05, 0) is 30.3 Å². The fourth-order valence-corrected chi connectivity index (χ4v) is 2.94. The molecule has 0 radical (unpaired) electrons. The molecule has 0 unspecified atom stereocenters. The van der Waals surface area contributed by atoms with E-state index in [0.29, 0.717) is 0 Å². The molecule has 1 aromatic carbocycles. The van der Waals surface area contributed by atoms with Crippen molar-refractivity contribution < 1.29 is 8.42 Å². The predicted octanol–water partition coefficient (Wildman–Crippen LogP) is 2.77. The van der Waals surface area contributed by atoms with E-state index in [2.05, 4.69) is 9.71 Å². The number of rotatable bonds is 3. The number of nitrogens with one attached hydrogen (secondary N) is 1. The SMILES string of the molecule is Nc1ccc(Cl)cc1S(=O)(=O)Nc1ccc(Cl)nc1. The van der Waals surface area contributed by atoms with E-state index in [9.17, 15) is 8.42 Å². The Morgan fingerprint density at radius 1 is 1.16 bits per heavy atom. The van der Waals surface area contributed by atoms with Crippen molar-refractivity contribution in [2.75, 3.05) is 10.5 Å². The summed E-state index contributed by atoms with van der Waals surface area (Å²) in [7, 11) is -3.82. The number of nitrogen functional groups attached to an aromatic ring is 1. The number of nitrogens with zero attached hydrogens (tertiary/aromatic N) is 1. The normalized spacial score (nSPS) is 11.3. The first kappa shape index (κ1) is 13.9. The van der Waals surface area contributed by atoms with Crippen molar-refractivity contribution in [1.82, 2.24) is 4.98 Å². The number of anilines is 2. The van der Waals surface area contributed by atoms with Crippen LogP contribution in [0.3, 0.4) is 0 Å². The average Bonchev–Trinajstić information content (AvgIpc) is 2.35. The minimum absolute atomic E-state index is 0.0880. The third-order valence-electron chi connectivity index (χ3n) is 2.24. The Morgan fingerprint density at radius 3 is 2.53 bits per heavy atom. The summed E-state index contributed by atoms with van der Waals surface area (Å²) >= 11 is 11.4. The molecule has 100 valence electrons. The van der Waals surface area contributed by atoms with Gasteiger partial charge in [-0.15, -0.1) is 0 Å². The van der Waals surface area contributed by atoms with E-state index in [-0.39, 0.29) is 26.4 Å². The lowest BCUT2D eigenvalue weighted by atomic mass is 10.3. The molecule has 0 amide bonds. The third kappa shape index (κ3) is 3.28. The van der Waals surface area contributed by atoms with Crippen LogP contribution in [0.4, 0.5) is 11.4 Å². The first-order valence-corrected chi connectivity index (χ1v) is 7.32. The highest BCUT2D eigenvalue weighted by Crippen LogP contribution is 2.24. The Morgan fingerprint density at radius 2 is 1.89 bits per heavy atom. The lowest BCUT2D eigenvalue weighted by molar-refractivity contribution is 0.601. The molecule has 0 aliphatic heterocycles. The van der Waals surface area contributed by atoms with Gasteiger partial charge in [-0.3, -0.25) is 4.72 Å². The van der Waals surface area contributed by atoms with E-state index < -0.39 is 10.0 Å². The molecule has 5 nitrogen and oxygen atoms in total. The largest absolute Gasteiger partial charge is 0.398 e. The Bertz CT molecular complexity index is 702. The number of halogens is 2. The quantitative estimate of drug-likeness (QED) is 0.673.